The zero-order valence-corrected chi connectivity index (χ0v) is 15.4. The molecule has 3 rings (SSSR count). The molecule has 2 aromatic carbocycles. The van der Waals surface area contributed by atoms with Gasteiger partial charge >= 0.3 is 5.69 Å². The van der Waals surface area contributed by atoms with Gasteiger partial charge in [0.05, 0.1) is 18.1 Å². The zero-order valence-electron chi connectivity index (χ0n) is 14.6. The van der Waals surface area contributed by atoms with Crippen molar-refractivity contribution in [3.05, 3.63) is 64.2 Å². The molecule has 0 amide bonds. The number of nitrogens with zero attached hydrogens (tertiary/aromatic N) is 2. The van der Waals surface area contributed by atoms with Crippen molar-refractivity contribution in [2.75, 3.05) is 30.9 Å². The number of sulfone groups is 1. The molecule has 1 aliphatic heterocycles. The van der Waals surface area contributed by atoms with Gasteiger partial charge in [-0.25, -0.2) is 8.42 Å². The summed E-state index contributed by atoms with van der Waals surface area (Å²) in [6, 6.07) is 14.0. The third kappa shape index (κ3) is 3.42. The maximum absolute atomic E-state index is 12.0. The number of anilines is 1. The van der Waals surface area contributed by atoms with Gasteiger partial charge in [-0.15, -0.1) is 0 Å². The van der Waals surface area contributed by atoms with E-state index < -0.39 is 20.4 Å². The Bertz CT molecular complexity index is 930. The monoisotopic (exact) mass is 376 g/mol. The van der Waals surface area contributed by atoms with E-state index in [4.69, 9.17) is 4.74 Å². The van der Waals surface area contributed by atoms with Crippen LogP contribution in [0.25, 0.3) is 0 Å². The van der Waals surface area contributed by atoms with Crippen molar-refractivity contribution in [3.63, 3.8) is 0 Å². The standard InChI is InChI=1S/C18H20N2O5S/c1-18(14-7-4-3-5-8-14)13-19(11-12-25-18)15-9-6-10-16(26(2,23)24)17(15)20(21)22/h3-10H,11-13H2,1-2H3. The summed E-state index contributed by atoms with van der Waals surface area (Å²) in [6.07, 6.45) is 0.979. The number of nitro benzene ring substituents is 1. The summed E-state index contributed by atoms with van der Waals surface area (Å²) in [5, 5.41) is 11.6. The van der Waals surface area contributed by atoms with Crippen molar-refractivity contribution in [1.29, 1.82) is 0 Å². The van der Waals surface area contributed by atoms with Crippen molar-refractivity contribution < 1.29 is 18.1 Å². The van der Waals surface area contributed by atoms with Crippen LogP contribution < -0.4 is 4.90 Å². The van der Waals surface area contributed by atoms with Crippen molar-refractivity contribution in [2.24, 2.45) is 0 Å². The fraction of sp³-hybridized carbons (Fsp3) is 0.333. The lowest BCUT2D eigenvalue weighted by atomic mass is 9.93. The fourth-order valence-electron chi connectivity index (χ4n) is 3.29. The first-order valence-corrected chi connectivity index (χ1v) is 10.0. The summed E-state index contributed by atoms with van der Waals surface area (Å²) in [5.74, 6) is 0. The first kappa shape index (κ1) is 18.3. The van der Waals surface area contributed by atoms with Gasteiger partial charge in [0.25, 0.3) is 0 Å². The van der Waals surface area contributed by atoms with E-state index >= 15 is 0 Å². The van der Waals surface area contributed by atoms with Crippen LogP contribution in [0.2, 0.25) is 0 Å². The summed E-state index contributed by atoms with van der Waals surface area (Å²) >= 11 is 0. The maximum atomic E-state index is 12.0. The van der Waals surface area contributed by atoms with Crippen molar-refractivity contribution in [2.45, 2.75) is 17.4 Å². The van der Waals surface area contributed by atoms with Gasteiger partial charge < -0.3 is 9.64 Å². The van der Waals surface area contributed by atoms with Crippen LogP contribution in [0.3, 0.4) is 0 Å². The number of nitro groups is 1. The van der Waals surface area contributed by atoms with Crippen molar-refractivity contribution in [3.8, 4) is 0 Å². The van der Waals surface area contributed by atoms with E-state index in [9.17, 15) is 18.5 Å². The van der Waals surface area contributed by atoms with E-state index in [0.29, 0.717) is 25.4 Å². The molecule has 26 heavy (non-hydrogen) atoms. The zero-order chi connectivity index (χ0) is 18.9. The Morgan fingerprint density at radius 1 is 1.15 bits per heavy atom. The van der Waals surface area contributed by atoms with Gasteiger partial charge in [0.1, 0.15) is 16.2 Å². The van der Waals surface area contributed by atoms with Gasteiger partial charge in [0, 0.05) is 12.8 Å². The predicted molar refractivity (Wildman–Crippen MR) is 98.2 cm³/mol. The molecular formula is C18H20N2O5S. The molecule has 0 N–H and O–H groups in total. The Kier molecular flexibility index (Phi) is 4.72. The maximum Gasteiger partial charge on any atom is 0.311 e. The Morgan fingerprint density at radius 3 is 2.46 bits per heavy atom. The number of para-hydroxylation sites is 1. The predicted octanol–water partition coefficient (Wildman–Crippen LogP) is 2.75. The van der Waals surface area contributed by atoms with Crippen LogP contribution in [0.5, 0.6) is 0 Å². The Balaban J connectivity index is 2.06. The largest absolute Gasteiger partial charge is 0.367 e. The van der Waals surface area contributed by atoms with Gasteiger partial charge in [0.15, 0.2) is 9.84 Å². The number of morpholine rings is 1. The molecule has 1 saturated heterocycles. The number of hydrogen-bond donors (Lipinski definition) is 0. The topological polar surface area (TPSA) is 89.8 Å². The highest BCUT2D eigenvalue weighted by atomic mass is 32.2. The molecular weight excluding hydrogens is 356 g/mol. The van der Waals surface area contributed by atoms with Crippen LogP contribution in [0.1, 0.15) is 12.5 Å². The average molecular weight is 376 g/mol. The van der Waals surface area contributed by atoms with Gasteiger partial charge in [-0.3, -0.25) is 10.1 Å². The molecule has 0 spiro atoms. The minimum atomic E-state index is -3.72. The summed E-state index contributed by atoms with van der Waals surface area (Å²) in [5.41, 5.74) is 0.233. The first-order valence-electron chi connectivity index (χ1n) is 8.14. The lowest BCUT2D eigenvalue weighted by Gasteiger charge is -2.41. The SMILES string of the molecule is CC1(c2ccccc2)CN(c2cccc(S(C)(=O)=O)c2[N+](=O)[O-])CCO1. The minimum Gasteiger partial charge on any atom is -0.367 e. The molecule has 1 heterocycles. The normalized spacial score (nSPS) is 20.8. The van der Waals surface area contributed by atoms with Crippen LogP contribution in [0.15, 0.2) is 53.4 Å². The third-order valence-electron chi connectivity index (χ3n) is 4.56. The van der Waals surface area contributed by atoms with E-state index in [1.165, 1.54) is 12.1 Å². The van der Waals surface area contributed by atoms with Gasteiger partial charge in [0.2, 0.25) is 0 Å². The Hall–Kier alpha value is -2.45. The molecule has 0 aromatic heterocycles. The lowest BCUT2D eigenvalue weighted by Crippen LogP contribution is -2.48. The Labute approximate surface area is 152 Å². The quantitative estimate of drug-likeness (QED) is 0.602. The van der Waals surface area contributed by atoms with E-state index in [0.717, 1.165) is 11.8 Å². The lowest BCUT2D eigenvalue weighted by molar-refractivity contribution is -0.387. The number of rotatable bonds is 4. The Morgan fingerprint density at radius 2 is 1.85 bits per heavy atom. The van der Waals surface area contributed by atoms with E-state index in [1.807, 2.05) is 42.2 Å². The van der Waals surface area contributed by atoms with Crippen molar-refractivity contribution >= 4 is 21.2 Å². The van der Waals surface area contributed by atoms with Crippen molar-refractivity contribution in [1.82, 2.24) is 0 Å². The highest BCUT2D eigenvalue weighted by Gasteiger charge is 2.37. The van der Waals surface area contributed by atoms with Crippen LogP contribution in [-0.2, 0) is 20.2 Å². The molecule has 0 bridgehead atoms. The second-order valence-electron chi connectivity index (χ2n) is 6.52. The minimum absolute atomic E-state index is 0.270. The first-order chi connectivity index (χ1) is 12.2. The molecule has 7 nitrogen and oxygen atoms in total. The van der Waals surface area contributed by atoms with Gasteiger partial charge in [-0.1, -0.05) is 36.4 Å². The molecule has 2 aromatic rings. The van der Waals surface area contributed by atoms with E-state index in [1.54, 1.807) is 6.07 Å². The molecule has 0 radical (unpaired) electrons. The molecule has 1 atom stereocenters. The van der Waals surface area contributed by atoms with Gasteiger partial charge in [-0.2, -0.15) is 0 Å². The second kappa shape index (κ2) is 6.69. The van der Waals surface area contributed by atoms with Crippen LogP contribution in [0, 0.1) is 10.1 Å². The van der Waals surface area contributed by atoms with Gasteiger partial charge in [-0.05, 0) is 24.6 Å². The fourth-order valence-corrected chi connectivity index (χ4v) is 4.15. The van der Waals surface area contributed by atoms with Crippen LogP contribution in [0.4, 0.5) is 11.4 Å². The summed E-state index contributed by atoms with van der Waals surface area (Å²) in [4.78, 5) is 12.6. The molecule has 0 aliphatic carbocycles. The van der Waals surface area contributed by atoms with Crippen LogP contribution >= 0.6 is 0 Å². The van der Waals surface area contributed by atoms with Crippen LogP contribution in [-0.4, -0.2) is 39.3 Å². The average Bonchev–Trinajstić information content (AvgIpc) is 2.61. The molecule has 8 heteroatoms. The highest BCUT2D eigenvalue weighted by Crippen LogP contribution is 2.38. The van der Waals surface area contributed by atoms with E-state index in [-0.39, 0.29) is 10.6 Å². The number of hydrogen-bond acceptors (Lipinski definition) is 6. The molecule has 138 valence electrons. The molecule has 0 saturated carbocycles. The third-order valence-corrected chi connectivity index (χ3v) is 5.69. The number of ether oxygens (including phenoxy) is 1. The smallest absolute Gasteiger partial charge is 0.311 e. The summed E-state index contributed by atoms with van der Waals surface area (Å²) in [7, 11) is -3.72. The molecule has 1 unspecified atom stereocenters. The molecule has 1 aliphatic rings. The number of benzene rings is 2. The summed E-state index contributed by atoms with van der Waals surface area (Å²) in [6.45, 7) is 3.13. The summed E-state index contributed by atoms with van der Waals surface area (Å²) < 4.78 is 30.0. The highest BCUT2D eigenvalue weighted by molar-refractivity contribution is 7.90. The molecule has 1 fully saturated rings. The second-order valence-corrected chi connectivity index (χ2v) is 8.50. The van der Waals surface area contributed by atoms with E-state index in [2.05, 4.69) is 0 Å².